The second-order valence-corrected chi connectivity index (χ2v) is 5.54. The van der Waals surface area contributed by atoms with Crippen LogP contribution in [0.5, 0.6) is 0 Å². The predicted molar refractivity (Wildman–Crippen MR) is 48.1 cm³/mol. The van der Waals surface area contributed by atoms with Crippen LogP contribution in [0.4, 0.5) is 0 Å². The fourth-order valence-electron chi connectivity index (χ4n) is 0.749. The standard InChI is InChI=1S/C7H8Cl2Si/c1-5-7(9)6(8)3-4-10(5)2/h3-4H,1-2H3. The fraction of sp³-hybridized carbons (Fsp3) is 0.286. The minimum atomic E-state index is -0.490. The maximum absolute atomic E-state index is 5.90. The van der Waals surface area contributed by atoms with Crippen molar-refractivity contribution >= 4 is 31.6 Å². The Labute approximate surface area is 72.3 Å². The SMILES string of the molecule is Cc1c(Cl)c(Cl)cc[si]1C. The molecule has 0 N–H and O–H groups in total. The van der Waals surface area contributed by atoms with Gasteiger partial charge < -0.3 is 0 Å². The van der Waals surface area contributed by atoms with Crippen LogP contribution in [0.15, 0.2) is 11.7 Å². The van der Waals surface area contributed by atoms with Crippen molar-refractivity contribution < 1.29 is 0 Å². The minimum Gasteiger partial charge on any atom is -0.0829 e. The van der Waals surface area contributed by atoms with Crippen molar-refractivity contribution in [3.63, 3.8) is 0 Å². The summed E-state index contributed by atoms with van der Waals surface area (Å²) in [4.78, 5) is 0. The number of rotatable bonds is 0. The lowest BCUT2D eigenvalue weighted by Crippen LogP contribution is -1.97. The topological polar surface area (TPSA) is 0 Å². The van der Waals surface area contributed by atoms with Crippen molar-refractivity contribution in [1.29, 1.82) is 0 Å². The summed E-state index contributed by atoms with van der Waals surface area (Å²) in [5.74, 6) is 0. The third-order valence-corrected chi connectivity index (χ3v) is 4.77. The second kappa shape index (κ2) is 3.03. The van der Waals surface area contributed by atoms with E-state index in [1.165, 1.54) is 5.17 Å². The highest BCUT2D eigenvalue weighted by Crippen LogP contribution is 2.23. The van der Waals surface area contributed by atoms with Gasteiger partial charge in [-0.25, -0.2) is 0 Å². The van der Waals surface area contributed by atoms with E-state index in [4.69, 9.17) is 23.2 Å². The van der Waals surface area contributed by atoms with Crippen molar-refractivity contribution in [2.24, 2.45) is 6.55 Å². The molecule has 0 unspecified atom stereocenters. The molecule has 3 heteroatoms. The van der Waals surface area contributed by atoms with Crippen molar-refractivity contribution in [2.45, 2.75) is 6.92 Å². The van der Waals surface area contributed by atoms with E-state index < -0.39 is 8.40 Å². The smallest absolute Gasteiger partial charge is 0.0587 e. The summed E-state index contributed by atoms with van der Waals surface area (Å²) in [6, 6.07) is 1.89. The number of aryl methyl sites for hydroxylation is 1. The van der Waals surface area contributed by atoms with E-state index in [9.17, 15) is 0 Å². The molecule has 0 radical (unpaired) electrons. The van der Waals surface area contributed by atoms with Gasteiger partial charge in [0.1, 0.15) is 0 Å². The van der Waals surface area contributed by atoms with Crippen LogP contribution < -0.4 is 0 Å². The zero-order valence-electron chi connectivity index (χ0n) is 5.91. The summed E-state index contributed by atoms with van der Waals surface area (Å²) >= 11 is 11.7. The Bertz CT molecular complexity index is 231. The maximum atomic E-state index is 5.90. The van der Waals surface area contributed by atoms with Crippen molar-refractivity contribution in [3.05, 3.63) is 27.0 Å². The zero-order chi connectivity index (χ0) is 7.72. The van der Waals surface area contributed by atoms with Crippen LogP contribution in [0.1, 0.15) is 5.17 Å². The molecule has 0 aliphatic heterocycles. The quantitative estimate of drug-likeness (QED) is 0.553. The first-order valence-corrected chi connectivity index (χ1v) is 5.87. The predicted octanol–water partition coefficient (Wildman–Crippen LogP) is 2.86. The van der Waals surface area contributed by atoms with E-state index in [-0.39, 0.29) is 0 Å². The van der Waals surface area contributed by atoms with Gasteiger partial charge in [0.15, 0.2) is 0 Å². The summed E-state index contributed by atoms with van der Waals surface area (Å²) in [5.41, 5.74) is 2.15. The minimum absolute atomic E-state index is 0.490. The van der Waals surface area contributed by atoms with Gasteiger partial charge in [-0.3, -0.25) is 0 Å². The molecule has 0 bridgehead atoms. The molecule has 0 amide bonds. The highest BCUT2D eigenvalue weighted by molar-refractivity contribution is 6.56. The lowest BCUT2D eigenvalue weighted by molar-refractivity contribution is 1.56. The summed E-state index contributed by atoms with van der Waals surface area (Å²) in [6.45, 7) is 4.24. The van der Waals surface area contributed by atoms with Gasteiger partial charge in [-0.05, 0) is 18.2 Å². The lowest BCUT2D eigenvalue weighted by atomic mass is 10.5. The monoisotopic (exact) mass is 190 g/mol. The van der Waals surface area contributed by atoms with E-state index in [1.807, 2.05) is 13.0 Å². The Balaban J connectivity index is 3.34. The summed E-state index contributed by atoms with van der Waals surface area (Å²) in [6.07, 6.45) is 0. The molecule has 0 aliphatic carbocycles. The molecular formula is C7H8Cl2Si. The molecule has 1 aromatic rings. The van der Waals surface area contributed by atoms with Crippen molar-refractivity contribution in [1.82, 2.24) is 0 Å². The molecule has 0 aliphatic rings. The third-order valence-electron chi connectivity index (χ3n) is 1.61. The third kappa shape index (κ3) is 1.42. The van der Waals surface area contributed by atoms with Crippen LogP contribution in [-0.2, 0) is 6.55 Å². The molecule has 0 spiro atoms. The van der Waals surface area contributed by atoms with Crippen LogP contribution in [0.3, 0.4) is 0 Å². The molecule has 0 saturated heterocycles. The van der Waals surface area contributed by atoms with E-state index in [0.29, 0.717) is 5.02 Å². The number of hydrogen-bond donors (Lipinski definition) is 0. The highest BCUT2D eigenvalue weighted by atomic mass is 35.5. The van der Waals surface area contributed by atoms with Crippen LogP contribution in [0.2, 0.25) is 10.0 Å². The molecule has 0 fully saturated rings. The molecule has 0 atom stereocenters. The Kier molecular flexibility index (Phi) is 2.50. The van der Waals surface area contributed by atoms with Crippen molar-refractivity contribution in [3.8, 4) is 0 Å². The summed E-state index contributed by atoms with van der Waals surface area (Å²) in [5, 5.41) is 2.68. The van der Waals surface area contributed by atoms with Crippen molar-refractivity contribution in [2.75, 3.05) is 0 Å². The first kappa shape index (κ1) is 8.25. The molecule has 1 heterocycles. The molecule has 0 saturated carbocycles. The molecule has 54 valence electrons. The number of hydrogen-bond acceptors (Lipinski definition) is 0. The van der Waals surface area contributed by atoms with Gasteiger partial charge in [-0.2, -0.15) is 0 Å². The van der Waals surface area contributed by atoms with Crippen LogP contribution in [0, 0.1) is 6.92 Å². The Morgan fingerprint density at radius 1 is 1.40 bits per heavy atom. The molecule has 10 heavy (non-hydrogen) atoms. The molecule has 1 aromatic heterocycles. The van der Waals surface area contributed by atoms with Crippen LogP contribution in [-0.4, -0.2) is 8.40 Å². The average molecular weight is 191 g/mol. The maximum Gasteiger partial charge on any atom is 0.0587 e. The number of halogens is 2. The van der Waals surface area contributed by atoms with E-state index in [2.05, 4.69) is 12.2 Å². The molecule has 0 nitrogen and oxygen atoms in total. The van der Waals surface area contributed by atoms with Gasteiger partial charge in [0.2, 0.25) is 0 Å². The highest BCUT2D eigenvalue weighted by Gasteiger charge is 2.02. The second-order valence-electron chi connectivity index (χ2n) is 2.30. The summed E-state index contributed by atoms with van der Waals surface area (Å²) < 4.78 is 0. The Morgan fingerprint density at radius 3 is 2.50 bits per heavy atom. The summed E-state index contributed by atoms with van der Waals surface area (Å²) in [7, 11) is -0.490. The van der Waals surface area contributed by atoms with E-state index in [1.54, 1.807) is 0 Å². The van der Waals surface area contributed by atoms with E-state index in [0.717, 1.165) is 5.02 Å². The normalized spacial score (nSPS) is 10.0. The van der Waals surface area contributed by atoms with Gasteiger partial charge in [0.25, 0.3) is 0 Å². The molecule has 1 rings (SSSR count). The average Bonchev–Trinajstić information content (AvgIpc) is 1.93. The van der Waals surface area contributed by atoms with Gasteiger partial charge >= 0.3 is 0 Å². The lowest BCUT2D eigenvalue weighted by Gasteiger charge is -2.01. The van der Waals surface area contributed by atoms with Crippen LogP contribution >= 0.6 is 23.2 Å². The molecular weight excluding hydrogens is 183 g/mol. The first-order valence-electron chi connectivity index (χ1n) is 3.04. The van der Waals surface area contributed by atoms with E-state index >= 15 is 0 Å². The van der Waals surface area contributed by atoms with Gasteiger partial charge in [0.05, 0.1) is 10.0 Å². The Morgan fingerprint density at radius 2 is 2.00 bits per heavy atom. The fourth-order valence-corrected chi connectivity index (χ4v) is 2.80. The van der Waals surface area contributed by atoms with Gasteiger partial charge in [0, 0.05) is 8.40 Å². The molecule has 0 aromatic carbocycles. The van der Waals surface area contributed by atoms with Gasteiger partial charge in [-0.1, -0.05) is 35.4 Å². The van der Waals surface area contributed by atoms with Gasteiger partial charge in [-0.15, -0.1) is 0 Å². The zero-order valence-corrected chi connectivity index (χ0v) is 8.42. The first-order chi connectivity index (χ1) is 4.63. The van der Waals surface area contributed by atoms with Crippen LogP contribution in [0.25, 0.3) is 0 Å². The largest absolute Gasteiger partial charge is 0.0829 e. The Hall–Kier alpha value is 0.147.